The molecule has 0 fully saturated rings. The number of hydrogen-bond acceptors (Lipinski definition) is 5. The number of nitrogens with one attached hydrogen (secondary N) is 2. The third-order valence-electron chi connectivity index (χ3n) is 2.66. The molecule has 1 unspecified atom stereocenters. The third-order valence-corrected chi connectivity index (χ3v) is 2.66. The van der Waals surface area contributed by atoms with E-state index in [2.05, 4.69) is 15.4 Å². The highest BCUT2D eigenvalue weighted by molar-refractivity contribution is 5.80. The monoisotopic (exact) mass is 310 g/mol. The SMILES string of the molecule is COC(=O)NCCOC(=O)NC(Cc1ccccc1)C(=O)O. The zero-order chi connectivity index (χ0) is 16.4. The highest BCUT2D eigenvalue weighted by atomic mass is 16.6. The van der Waals surface area contributed by atoms with Crippen molar-refractivity contribution in [1.29, 1.82) is 0 Å². The number of hydrogen-bond donors (Lipinski definition) is 3. The van der Waals surface area contributed by atoms with Crippen molar-refractivity contribution in [3.05, 3.63) is 35.9 Å². The van der Waals surface area contributed by atoms with Crippen molar-refractivity contribution in [3.63, 3.8) is 0 Å². The molecule has 0 bridgehead atoms. The van der Waals surface area contributed by atoms with E-state index in [1.54, 1.807) is 24.3 Å². The summed E-state index contributed by atoms with van der Waals surface area (Å²) in [5.41, 5.74) is 0.780. The van der Waals surface area contributed by atoms with Gasteiger partial charge in [0.15, 0.2) is 0 Å². The summed E-state index contributed by atoms with van der Waals surface area (Å²) in [4.78, 5) is 33.4. The van der Waals surface area contributed by atoms with Crippen molar-refractivity contribution in [2.24, 2.45) is 0 Å². The van der Waals surface area contributed by atoms with Gasteiger partial charge in [0.2, 0.25) is 0 Å². The van der Waals surface area contributed by atoms with Crippen molar-refractivity contribution < 1.29 is 29.0 Å². The Labute approximate surface area is 127 Å². The molecule has 1 atom stereocenters. The first-order chi connectivity index (χ1) is 10.5. The van der Waals surface area contributed by atoms with Crippen LogP contribution < -0.4 is 10.6 Å². The maximum Gasteiger partial charge on any atom is 0.407 e. The van der Waals surface area contributed by atoms with Crippen LogP contribution in [0.15, 0.2) is 30.3 Å². The Balaban J connectivity index is 2.38. The van der Waals surface area contributed by atoms with Crippen molar-refractivity contribution >= 4 is 18.2 Å². The van der Waals surface area contributed by atoms with Gasteiger partial charge >= 0.3 is 18.2 Å². The highest BCUT2D eigenvalue weighted by Crippen LogP contribution is 2.03. The average molecular weight is 310 g/mol. The Morgan fingerprint density at radius 3 is 2.45 bits per heavy atom. The van der Waals surface area contributed by atoms with Crippen molar-refractivity contribution in [1.82, 2.24) is 10.6 Å². The molecule has 0 heterocycles. The fraction of sp³-hybridized carbons (Fsp3) is 0.357. The Morgan fingerprint density at radius 1 is 1.18 bits per heavy atom. The molecule has 2 amide bonds. The van der Waals surface area contributed by atoms with Gasteiger partial charge in [0.25, 0.3) is 0 Å². The van der Waals surface area contributed by atoms with Crippen LogP contribution in [0.3, 0.4) is 0 Å². The van der Waals surface area contributed by atoms with E-state index >= 15 is 0 Å². The summed E-state index contributed by atoms with van der Waals surface area (Å²) in [6.45, 7) is -0.0326. The zero-order valence-corrected chi connectivity index (χ0v) is 12.1. The molecule has 0 spiro atoms. The first-order valence-electron chi connectivity index (χ1n) is 6.54. The van der Waals surface area contributed by atoms with Crippen molar-refractivity contribution in [3.8, 4) is 0 Å². The van der Waals surface area contributed by atoms with E-state index < -0.39 is 24.2 Å². The van der Waals surface area contributed by atoms with Gasteiger partial charge in [-0.15, -0.1) is 0 Å². The second-order valence-electron chi connectivity index (χ2n) is 4.28. The summed E-state index contributed by atoms with van der Waals surface area (Å²) >= 11 is 0. The second kappa shape index (κ2) is 9.22. The van der Waals surface area contributed by atoms with Crippen LogP contribution in [0.1, 0.15) is 5.56 Å². The number of carbonyl (C=O) groups excluding carboxylic acids is 2. The van der Waals surface area contributed by atoms with Crippen molar-refractivity contribution in [2.75, 3.05) is 20.3 Å². The van der Waals surface area contributed by atoms with E-state index in [1.807, 2.05) is 6.07 Å². The van der Waals surface area contributed by atoms with Gasteiger partial charge < -0.3 is 25.2 Å². The maximum absolute atomic E-state index is 11.5. The lowest BCUT2D eigenvalue weighted by atomic mass is 10.1. The quantitative estimate of drug-likeness (QED) is 0.641. The minimum Gasteiger partial charge on any atom is -0.480 e. The molecule has 0 aromatic heterocycles. The molecular weight excluding hydrogens is 292 g/mol. The minimum atomic E-state index is -1.16. The number of carboxylic acids is 1. The predicted octanol–water partition coefficient (Wildman–Crippen LogP) is 0.764. The molecule has 120 valence electrons. The normalized spacial score (nSPS) is 11.1. The standard InChI is InChI=1S/C14H18N2O6/c1-21-13(19)15-7-8-22-14(20)16-11(12(17)18)9-10-5-3-2-4-6-10/h2-6,11H,7-9H2,1H3,(H,15,19)(H,16,20)(H,17,18). The van der Waals surface area contributed by atoms with Gasteiger partial charge in [-0.1, -0.05) is 30.3 Å². The number of methoxy groups -OCH3 is 1. The van der Waals surface area contributed by atoms with E-state index in [-0.39, 0.29) is 19.6 Å². The lowest BCUT2D eigenvalue weighted by Gasteiger charge is -2.14. The molecule has 0 aliphatic carbocycles. The number of alkyl carbamates (subject to hydrolysis) is 2. The highest BCUT2D eigenvalue weighted by Gasteiger charge is 2.21. The van der Waals surface area contributed by atoms with Gasteiger partial charge in [0.05, 0.1) is 13.7 Å². The molecule has 1 aromatic carbocycles. The molecule has 0 saturated heterocycles. The summed E-state index contributed by atoms with van der Waals surface area (Å²) in [5.74, 6) is -1.16. The van der Waals surface area contributed by atoms with Crippen LogP contribution >= 0.6 is 0 Å². The van der Waals surface area contributed by atoms with Crippen LogP contribution in [-0.4, -0.2) is 49.6 Å². The van der Waals surface area contributed by atoms with Gasteiger partial charge in [0, 0.05) is 6.42 Å². The largest absolute Gasteiger partial charge is 0.480 e. The van der Waals surface area contributed by atoms with Gasteiger partial charge in [-0.2, -0.15) is 0 Å². The number of amides is 2. The van der Waals surface area contributed by atoms with Crippen LogP contribution in [-0.2, 0) is 20.7 Å². The van der Waals surface area contributed by atoms with Gasteiger partial charge in [-0.25, -0.2) is 14.4 Å². The van der Waals surface area contributed by atoms with Crippen LogP contribution in [0.5, 0.6) is 0 Å². The third kappa shape index (κ3) is 6.60. The number of rotatable bonds is 7. The number of benzene rings is 1. The maximum atomic E-state index is 11.5. The second-order valence-corrected chi connectivity index (χ2v) is 4.28. The molecule has 8 heteroatoms. The molecule has 0 aliphatic rings. The Morgan fingerprint density at radius 2 is 1.86 bits per heavy atom. The lowest BCUT2D eigenvalue weighted by Crippen LogP contribution is -2.43. The van der Waals surface area contributed by atoms with Crippen LogP contribution in [0, 0.1) is 0 Å². The van der Waals surface area contributed by atoms with Crippen LogP contribution in [0.25, 0.3) is 0 Å². The molecule has 22 heavy (non-hydrogen) atoms. The summed E-state index contributed by atoms with van der Waals surface area (Å²) in [6, 6.07) is 7.82. The van der Waals surface area contributed by atoms with Gasteiger partial charge in [-0.05, 0) is 5.56 Å². The van der Waals surface area contributed by atoms with Gasteiger partial charge in [-0.3, -0.25) is 0 Å². The number of ether oxygens (including phenoxy) is 2. The topological polar surface area (TPSA) is 114 Å². The summed E-state index contributed by atoms with van der Waals surface area (Å²) < 4.78 is 9.11. The number of carboxylic acid groups (broad SMARTS) is 1. The molecule has 0 aliphatic heterocycles. The van der Waals surface area contributed by atoms with Crippen molar-refractivity contribution in [2.45, 2.75) is 12.5 Å². The summed E-state index contributed by atoms with van der Waals surface area (Å²) in [7, 11) is 1.21. The van der Waals surface area contributed by atoms with E-state index in [1.165, 1.54) is 7.11 Å². The summed E-state index contributed by atoms with van der Waals surface area (Å²) in [5, 5.41) is 13.7. The molecule has 3 N–H and O–H groups in total. The molecule has 0 radical (unpaired) electrons. The van der Waals surface area contributed by atoms with E-state index in [0.29, 0.717) is 0 Å². The average Bonchev–Trinajstić information content (AvgIpc) is 2.51. The zero-order valence-electron chi connectivity index (χ0n) is 12.1. The predicted molar refractivity (Wildman–Crippen MR) is 76.5 cm³/mol. The lowest BCUT2D eigenvalue weighted by molar-refractivity contribution is -0.139. The van der Waals surface area contributed by atoms with E-state index in [0.717, 1.165) is 5.56 Å². The molecular formula is C14H18N2O6. The number of carbonyl (C=O) groups is 3. The van der Waals surface area contributed by atoms with Crippen LogP contribution in [0.2, 0.25) is 0 Å². The Bertz CT molecular complexity index is 505. The molecule has 8 nitrogen and oxygen atoms in total. The summed E-state index contributed by atoms with van der Waals surface area (Å²) in [6.07, 6.45) is -1.36. The van der Waals surface area contributed by atoms with Crippen LogP contribution in [0.4, 0.5) is 9.59 Å². The molecule has 1 aromatic rings. The van der Waals surface area contributed by atoms with E-state index in [4.69, 9.17) is 9.84 Å². The first kappa shape index (κ1) is 17.3. The van der Waals surface area contributed by atoms with Gasteiger partial charge in [0.1, 0.15) is 12.6 Å². The fourth-order valence-electron chi connectivity index (χ4n) is 1.60. The number of aliphatic carboxylic acids is 1. The fourth-order valence-corrected chi connectivity index (χ4v) is 1.60. The molecule has 0 saturated carbocycles. The van der Waals surface area contributed by atoms with E-state index in [9.17, 15) is 14.4 Å². The smallest absolute Gasteiger partial charge is 0.407 e. The minimum absolute atomic E-state index is 0.0660. The Kier molecular flexibility index (Phi) is 7.24. The Hall–Kier alpha value is -2.77. The first-order valence-corrected chi connectivity index (χ1v) is 6.54. The molecule has 1 rings (SSSR count).